The number of rotatable bonds is 4. The molecule has 0 aliphatic carbocycles. The predicted molar refractivity (Wildman–Crippen MR) is 64.9 cm³/mol. The highest BCUT2D eigenvalue weighted by Gasteiger charge is 2.16. The number of carbonyl (C=O) groups excluding carboxylic acids is 1. The number of anilines is 1. The van der Waals surface area contributed by atoms with Gasteiger partial charge in [-0.1, -0.05) is 5.16 Å². The average molecular weight is 249 g/mol. The molecule has 6 heteroatoms. The van der Waals surface area contributed by atoms with Crippen LogP contribution in [0, 0.1) is 0 Å². The van der Waals surface area contributed by atoms with E-state index >= 15 is 0 Å². The standard InChI is InChI=1S/C12H15N3O3/c1-8(2)15-5-10(13)3-11(15)12(16)17-6-9-4-14-18-7-9/h3-5,7-8H,6,13H2,1-2H3. The van der Waals surface area contributed by atoms with Crippen molar-refractivity contribution in [1.82, 2.24) is 9.72 Å². The molecule has 0 radical (unpaired) electrons. The molecule has 18 heavy (non-hydrogen) atoms. The van der Waals surface area contributed by atoms with Crippen LogP contribution in [0.5, 0.6) is 0 Å². The van der Waals surface area contributed by atoms with Crippen molar-refractivity contribution in [3.8, 4) is 0 Å². The number of nitrogens with zero attached hydrogens (tertiary/aromatic N) is 2. The van der Waals surface area contributed by atoms with Crippen molar-refractivity contribution >= 4 is 11.7 Å². The van der Waals surface area contributed by atoms with Crippen molar-refractivity contribution in [3.63, 3.8) is 0 Å². The Kier molecular flexibility index (Phi) is 3.36. The summed E-state index contributed by atoms with van der Waals surface area (Å²) >= 11 is 0. The van der Waals surface area contributed by atoms with Gasteiger partial charge >= 0.3 is 5.97 Å². The van der Waals surface area contributed by atoms with Crippen molar-refractivity contribution in [1.29, 1.82) is 0 Å². The van der Waals surface area contributed by atoms with Gasteiger partial charge in [-0.15, -0.1) is 0 Å². The highest BCUT2D eigenvalue weighted by Crippen LogP contribution is 2.17. The van der Waals surface area contributed by atoms with Crippen LogP contribution in [0.15, 0.2) is 29.2 Å². The number of esters is 1. The summed E-state index contributed by atoms with van der Waals surface area (Å²) in [5, 5.41) is 3.53. The number of hydrogen-bond acceptors (Lipinski definition) is 5. The van der Waals surface area contributed by atoms with Gasteiger partial charge in [0.2, 0.25) is 0 Å². The summed E-state index contributed by atoms with van der Waals surface area (Å²) in [6, 6.07) is 1.75. The number of ether oxygens (including phenoxy) is 1. The largest absolute Gasteiger partial charge is 0.456 e. The van der Waals surface area contributed by atoms with Gasteiger partial charge < -0.3 is 19.6 Å². The fourth-order valence-electron chi connectivity index (χ4n) is 1.61. The number of nitrogens with two attached hydrogens (primary N) is 1. The number of aromatic nitrogens is 2. The molecule has 0 aromatic carbocycles. The molecule has 2 aromatic rings. The topological polar surface area (TPSA) is 83.3 Å². The summed E-state index contributed by atoms with van der Waals surface area (Å²) in [6.07, 6.45) is 4.66. The first-order valence-corrected chi connectivity index (χ1v) is 5.60. The Morgan fingerprint density at radius 1 is 1.61 bits per heavy atom. The van der Waals surface area contributed by atoms with Crippen LogP contribution in [0.2, 0.25) is 0 Å². The van der Waals surface area contributed by atoms with Crippen LogP contribution in [0.3, 0.4) is 0 Å². The molecule has 6 nitrogen and oxygen atoms in total. The third-order valence-corrected chi connectivity index (χ3v) is 2.49. The van der Waals surface area contributed by atoms with E-state index < -0.39 is 5.97 Å². The summed E-state index contributed by atoms with van der Waals surface area (Å²) in [4.78, 5) is 11.9. The van der Waals surface area contributed by atoms with Gasteiger partial charge in [0.25, 0.3) is 0 Å². The first-order chi connectivity index (χ1) is 8.58. The Morgan fingerprint density at radius 3 is 3.00 bits per heavy atom. The third-order valence-electron chi connectivity index (χ3n) is 2.49. The van der Waals surface area contributed by atoms with E-state index in [1.165, 1.54) is 12.5 Å². The van der Waals surface area contributed by atoms with Crippen LogP contribution in [-0.2, 0) is 11.3 Å². The average Bonchev–Trinajstić information content (AvgIpc) is 2.94. The lowest BCUT2D eigenvalue weighted by molar-refractivity contribution is 0.0458. The molecule has 0 amide bonds. The molecular formula is C12H15N3O3. The van der Waals surface area contributed by atoms with Crippen LogP contribution < -0.4 is 5.73 Å². The van der Waals surface area contributed by atoms with Gasteiger partial charge in [0.15, 0.2) is 0 Å². The minimum Gasteiger partial charge on any atom is -0.456 e. The molecule has 2 aromatic heterocycles. The van der Waals surface area contributed by atoms with Crippen LogP contribution in [0.4, 0.5) is 5.69 Å². The third kappa shape index (κ3) is 2.53. The molecule has 2 rings (SSSR count). The Morgan fingerprint density at radius 2 is 2.39 bits per heavy atom. The highest BCUT2D eigenvalue weighted by atomic mass is 16.5. The normalized spacial score (nSPS) is 10.8. The van der Waals surface area contributed by atoms with Gasteiger partial charge in [-0.3, -0.25) is 0 Å². The Bertz CT molecular complexity index is 529. The molecule has 96 valence electrons. The SMILES string of the molecule is CC(C)n1cc(N)cc1C(=O)OCc1cnoc1. The van der Waals surface area contributed by atoms with Crippen LogP contribution in [0.1, 0.15) is 35.9 Å². The fourth-order valence-corrected chi connectivity index (χ4v) is 1.61. The van der Waals surface area contributed by atoms with Gasteiger partial charge in [-0.05, 0) is 19.9 Å². The van der Waals surface area contributed by atoms with Crippen molar-refractivity contribution in [2.24, 2.45) is 0 Å². The molecule has 2 N–H and O–H groups in total. The van der Waals surface area contributed by atoms with E-state index in [-0.39, 0.29) is 12.6 Å². The van der Waals surface area contributed by atoms with Gasteiger partial charge in [0, 0.05) is 17.8 Å². The van der Waals surface area contributed by atoms with Gasteiger partial charge in [0.05, 0.1) is 11.9 Å². The zero-order chi connectivity index (χ0) is 13.1. The van der Waals surface area contributed by atoms with Crippen LogP contribution in [-0.4, -0.2) is 15.7 Å². The zero-order valence-corrected chi connectivity index (χ0v) is 10.3. The van der Waals surface area contributed by atoms with E-state index in [0.29, 0.717) is 16.9 Å². The van der Waals surface area contributed by atoms with E-state index in [2.05, 4.69) is 9.68 Å². The Labute approximate surface area is 104 Å². The number of hydrogen-bond donors (Lipinski definition) is 1. The quantitative estimate of drug-likeness (QED) is 0.838. The lowest BCUT2D eigenvalue weighted by Crippen LogP contribution is -2.13. The van der Waals surface area contributed by atoms with E-state index in [1.807, 2.05) is 13.8 Å². The molecule has 0 aliphatic rings. The summed E-state index contributed by atoms with van der Waals surface area (Å²) in [6.45, 7) is 4.07. The maximum atomic E-state index is 11.9. The zero-order valence-electron chi connectivity index (χ0n) is 10.3. The van der Waals surface area contributed by atoms with E-state index in [1.54, 1.807) is 16.8 Å². The lowest BCUT2D eigenvalue weighted by Gasteiger charge is -2.11. The van der Waals surface area contributed by atoms with E-state index in [4.69, 9.17) is 10.5 Å². The molecule has 0 saturated heterocycles. The first-order valence-electron chi connectivity index (χ1n) is 5.60. The van der Waals surface area contributed by atoms with Gasteiger partial charge in [0.1, 0.15) is 18.6 Å². The Hall–Kier alpha value is -2.24. The molecule has 0 unspecified atom stereocenters. The molecule has 0 aliphatic heterocycles. The van der Waals surface area contributed by atoms with Crippen LogP contribution in [0.25, 0.3) is 0 Å². The fraction of sp³-hybridized carbons (Fsp3) is 0.333. The second-order valence-corrected chi connectivity index (χ2v) is 4.27. The van der Waals surface area contributed by atoms with Gasteiger partial charge in [-0.2, -0.15) is 0 Å². The number of nitrogen functional groups attached to an aromatic ring is 1. The van der Waals surface area contributed by atoms with Crippen molar-refractivity contribution < 1.29 is 14.1 Å². The van der Waals surface area contributed by atoms with Gasteiger partial charge in [-0.25, -0.2) is 4.79 Å². The molecule has 2 heterocycles. The summed E-state index contributed by atoms with van der Waals surface area (Å²) in [5.41, 5.74) is 7.39. The molecule has 0 atom stereocenters. The summed E-state index contributed by atoms with van der Waals surface area (Å²) < 4.78 is 11.6. The maximum absolute atomic E-state index is 11.9. The first kappa shape index (κ1) is 12.2. The molecular weight excluding hydrogens is 234 g/mol. The highest BCUT2D eigenvalue weighted by molar-refractivity contribution is 5.89. The molecule has 0 spiro atoms. The number of carbonyl (C=O) groups is 1. The molecule has 0 saturated carbocycles. The predicted octanol–water partition coefficient (Wildman–Crippen LogP) is 2.00. The van der Waals surface area contributed by atoms with Crippen molar-refractivity contribution in [2.75, 3.05) is 5.73 Å². The van der Waals surface area contributed by atoms with Crippen molar-refractivity contribution in [3.05, 3.63) is 36.0 Å². The monoisotopic (exact) mass is 249 g/mol. The molecule has 0 bridgehead atoms. The Balaban J connectivity index is 2.09. The van der Waals surface area contributed by atoms with E-state index in [0.717, 1.165) is 0 Å². The minimum atomic E-state index is -0.415. The lowest BCUT2D eigenvalue weighted by atomic mass is 10.3. The van der Waals surface area contributed by atoms with E-state index in [9.17, 15) is 4.79 Å². The smallest absolute Gasteiger partial charge is 0.355 e. The van der Waals surface area contributed by atoms with Crippen LogP contribution >= 0.6 is 0 Å². The summed E-state index contributed by atoms with van der Waals surface area (Å²) in [5.74, 6) is -0.415. The maximum Gasteiger partial charge on any atom is 0.355 e. The van der Waals surface area contributed by atoms with Crippen molar-refractivity contribution in [2.45, 2.75) is 26.5 Å². The second kappa shape index (κ2) is 4.95. The summed E-state index contributed by atoms with van der Waals surface area (Å²) in [7, 11) is 0. The molecule has 0 fully saturated rings. The second-order valence-electron chi connectivity index (χ2n) is 4.27. The minimum absolute atomic E-state index is 0.130.